The van der Waals surface area contributed by atoms with Crippen LogP contribution in [0.5, 0.6) is 0 Å². The summed E-state index contributed by atoms with van der Waals surface area (Å²) < 4.78 is 5.46. The number of urea groups is 1. The molecule has 1 aliphatic rings. The van der Waals surface area contributed by atoms with Gasteiger partial charge in [0.25, 0.3) is 0 Å². The van der Waals surface area contributed by atoms with Crippen molar-refractivity contribution in [1.29, 1.82) is 0 Å². The van der Waals surface area contributed by atoms with E-state index in [0.717, 1.165) is 16.1 Å². The Labute approximate surface area is 130 Å². The average molecular weight is 305 g/mol. The number of nitrogens with zero attached hydrogens (tertiary/aromatic N) is 2. The van der Waals surface area contributed by atoms with Crippen LogP contribution in [0.3, 0.4) is 0 Å². The lowest BCUT2D eigenvalue weighted by atomic mass is 9.94. The Balaban J connectivity index is 2.31. The highest BCUT2D eigenvalue weighted by Gasteiger charge is 2.37. The van der Waals surface area contributed by atoms with Gasteiger partial charge in [-0.2, -0.15) is 0 Å². The summed E-state index contributed by atoms with van der Waals surface area (Å²) in [6.07, 6.45) is 0.435. The van der Waals surface area contributed by atoms with Crippen LogP contribution in [-0.2, 0) is 22.5 Å². The molecule has 0 aliphatic carbocycles. The topological polar surface area (TPSA) is 75.9 Å². The van der Waals surface area contributed by atoms with Crippen molar-refractivity contribution in [1.82, 2.24) is 9.91 Å². The lowest BCUT2D eigenvalue weighted by Gasteiger charge is -2.37. The molecule has 0 saturated heterocycles. The molecular weight excluding hydrogens is 282 g/mol. The quantitative estimate of drug-likeness (QED) is 0.371. The maximum absolute atomic E-state index is 12.5. The molecule has 6 heteroatoms. The molecule has 1 aromatic carbocycles. The predicted molar refractivity (Wildman–Crippen MR) is 82.7 cm³/mol. The fourth-order valence-electron chi connectivity index (χ4n) is 2.51. The molecule has 0 fully saturated rings. The molecule has 0 bridgehead atoms. The molecule has 120 valence electrons. The fourth-order valence-corrected chi connectivity index (χ4v) is 2.51. The first-order valence-corrected chi connectivity index (χ1v) is 7.27. The number of fused-ring (bicyclic) bond motifs is 1. The first-order valence-electron chi connectivity index (χ1n) is 7.27. The molecule has 1 aromatic rings. The van der Waals surface area contributed by atoms with E-state index in [-0.39, 0.29) is 0 Å². The third-order valence-corrected chi connectivity index (χ3v) is 3.47. The van der Waals surface area contributed by atoms with Crippen LogP contribution in [0, 0.1) is 0 Å². The van der Waals surface area contributed by atoms with E-state index in [4.69, 9.17) is 10.6 Å². The Kier molecular flexibility index (Phi) is 4.42. The lowest BCUT2D eigenvalue weighted by molar-refractivity contribution is -0.161. The van der Waals surface area contributed by atoms with Crippen LogP contribution in [0.25, 0.3) is 0 Å². The highest BCUT2D eigenvalue weighted by molar-refractivity contribution is 5.84. The van der Waals surface area contributed by atoms with E-state index < -0.39 is 23.6 Å². The van der Waals surface area contributed by atoms with Gasteiger partial charge in [0.1, 0.15) is 11.6 Å². The Hall–Kier alpha value is -2.08. The van der Waals surface area contributed by atoms with Crippen molar-refractivity contribution in [3.63, 3.8) is 0 Å². The van der Waals surface area contributed by atoms with Crippen LogP contribution in [0.15, 0.2) is 24.3 Å². The number of carbonyl (C=O) groups excluding carboxylic acids is 2. The van der Waals surface area contributed by atoms with Crippen molar-refractivity contribution in [3.05, 3.63) is 35.4 Å². The molecule has 1 unspecified atom stereocenters. The van der Waals surface area contributed by atoms with Crippen LogP contribution in [0.4, 0.5) is 4.79 Å². The monoisotopic (exact) mass is 305 g/mol. The average Bonchev–Trinajstić information content (AvgIpc) is 2.43. The van der Waals surface area contributed by atoms with Gasteiger partial charge in [-0.1, -0.05) is 24.3 Å². The van der Waals surface area contributed by atoms with Gasteiger partial charge in [0.05, 0.1) is 0 Å². The highest BCUT2D eigenvalue weighted by Crippen LogP contribution is 2.25. The maximum atomic E-state index is 12.5. The van der Waals surface area contributed by atoms with E-state index in [9.17, 15) is 9.59 Å². The van der Waals surface area contributed by atoms with Crippen molar-refractivity contribution in [2.75, 3.05) is 7.05 Å². The van der Waals surface area contributed by atoms with Gasteiger partial charge in [-0.3, -0.25) is 5.01 Å². The van der Waals surface area contributed by atoms with Gasteiger partial charge in [-0.25, -0.2) is 15.4 Å². The molecule has 0 aromatic heterocycles. The molecule has 0 radical (unpaired) electrons. The zero-order valence-corrected chi connectivity index (χ0v) is 13.5. The largest absolute Gasteiger partial charge is 0.458 e. The van der Waals surface area contributed by atoms with Gasteiger partial charge in [-0.05, 0) is 31.9 Å². The molecule has 2 amide bonds. The zero-order chi connectivity index (χ0) is 16.5. The summed E-state index contributed by atoms with van der Waals surface area (Å²) in [5.41, 5.74) is 1.48. The van der Waals surface area contributed by atoms with Gasteiger partial charge >= 0.3 is 12.0 Å². The van der Waals surface area contributed by atoms with Crippen molar-refractivity contribution in [3.8, 4) is 0 Å². The summed E-state index contributed by atoms with van der Waals surface area (Å²) in [5, 5.41) is 0.991. The number of hydrazine groups is 1. The van der Waals surface area contributed by atoms with E-state index in [1.807, 2.05) is 45.0 Å². The number of hydrogen-bond acceptors (Lipinski definition) is 4. The van der Waals surface area contributed by atoms with Crippen LogP contribution < -0.4 is 5.84 Å². The van der Waals surface area contributed by atoms with Crippen molar-refractivity contribution in [2.24, 2.45) is 5.84 Å². The van der Waals surface area contributed by atoms with Crippen LogP contribution in [-0.4, -0.2) is 40.6 Å². The predicted octanol–water partition coefficient (Wildman–Crippen LogP) is 1.68. The number of carbonyl (C=O) groups is 2. The second-order valence-electron chi connectivity index (χ2n) is 6.54. The Morgan fingerprint density at radius 1 is 1.27 bits per heavy atom. The summed E-state index contributed by atoms with van der Waals surface area (Å²) >= 11 is 0. The van der Waals surface area contributed by atoms with E-state index in [1.54, 1.807) is 0 Å². The van der Waals surface area contributed by atoms with Crippen LogP contribution in [0.1, 0.15) is 31.9 Å². The van der Waals surface area contributed by atoms with E-state index >= 15 is 0 Å². The summed E-state index contributed by atoms with van der Waals surface area (Å²) in [7, 11) is 1.47. The number of benzene rings is 1. The second-order valence-corrected chi connectivity index (χ2v) is 6.54. The minimum absolute atomic E-state index is 0.348. The van der Waals surface area contributed by atoms with Gasteiger partial charge in [0.15, 0.2) is 0 Å². The molecule has 2 rings (SSSR count). The molecule has 2 N–H and O–H groups in total. The summed E-state index contributed by atoms with van der Waals surface area (Å²) in [5.74, 6) is 5.16. The summed E-state index contributed by atoms with van der Waals surface area (Å²) in [4.78, 5) is 26.3. The second kappa shape index (κ2) is 5.96. The molecule has 1 heterocycles. The Bertz CT molecular complexity index is 578. The highest BCUT2D eigenvalue weighted by atomic mass is 16.6. The van der Waals surface area contributed by atoms with Crippen molar-refractivity contribution >= 4 is 12.0 Å². The van der Waals surface area contributed by atoms with Gasteiger partial charge in [-0.15, -0.1) is 0 Å². The number of hydrogen-bond donors (Lipinski definition) is 1. The molecule has 1 aliphatic heterocycles. The van der Waals surface area contributed by atoms with Crippen LogP contribution >= 0.6 is 0 Å². The third-order valence-electron chi connectivity index (χ3n) is 3.47. The standard InChI is InChI=1S/C16H23N3O3/c1-16(2,3)22-14(20)13-9-11-7-5-6-8-12(11)10-19(13)15(21)18(4)17/h5-8,13H,9-10,17H2,1-4H3. The summed E-state index contributed by atoms with van der Waals surface area (Å²) in [6, 6.07) is 6.72. The minimum Gasteiger partial charge on any atom is -0.458 e. The third kappa shape index (κ3) is 3.57. The first kappa shape index (κ1) is 16.3. The molecule has 22 heavy (non-hydrogen) atoms. The van der Waals surface area contributed by atoms with E-state index in [2.05, 4.69) is 0 Å². The zero-order valence-electron chi connectivity index (χ0n) is 13.5. The lowest BCUT2D eigenvalue weighted by Crippen LogP contribution is -2.55. The smallest absolute Gasteiger partial charge is 0.334 e. The van der Waals surface area contributed by atoms with E-state index in [0.29, 0.717) is 13.0 Å². The van der Waals surface area contributed by atoms with Crippen molar-refractivity contribution < 1.29 is 14.3 Å². The molecule has 6 nitrogen and oxygen atoms in total. The SMILES string of the molecule is CN(N)C(=O)N1Cc2ccccc2CC1C(=O)OC(C)(C)C. The number of amides is 2. The molecule has 0 spiro atoms. The Morgan fingerprint density at radius 3 is 2.41 bits per heavy atom. The van der Waals surface area contributed by atoms with Gasteiger partial charge in [0, 0.05) is 20.0 Å². The number of esters is 1. The van der Waals surface area contributed by atoms with Gasteiger partial charge in [0.2, 0.25) is 0 Å². The number of nitrogens with two attached hydrogens (primary N) is 1. The van der Waals surface area contributed by atoms with Crippen molar-refractivity contribution in [2.45, 2.75) is 45.4 Å². The minimum atomic E-state index is -0.660. The normalized spacial score (nSPS) is 17.7. The number of rotatable bonds is 1. The van der Waals surface area contributed by atoms with Crippen LogP contribution in [0.2, 0.25) is 0 Å². The number of ether oxygens (including phenoxy) is 1. The molecular formula is C16H23N3O3. The molecule has 0 saturated carbocycles. The fraction of sp³-hybridized carbons (Fsp3) is 0.500. The molecule has 1 atom stereocenters. The Morgan fingerprint density at radius 2 is 1.86 bits per heavy atom. The van der Waals surface area contributed by atoms with Gasteiger partial charge < -0.3 is 9.64 Å². The first-order chi connectivity index (χ1) is 10.2. The summed E-state index contributed by atoms with van der Waals surface area (Å²) in [6.45, 7) is 5.77. The maximum Gasteiger partial charge on any atom is 0.334 e. The van der Waals surface area contributed by atoms with E-state index in [1.165, 1.54) is 11.9 Å².